The van der Waals surface area contributed by atoms with E-state index in [0.717, 1.165) is 12.8 Å². The molecule has 0 aromatic rings. The molecule has 0 saturated heterocycles. The Labute approximate surface area is 96.4 Å². The molecule has 2 saturated carbocycles. The molecular formula is C14H18O2. The van der Waals surface area contributed by atoms with Gasteiger partial charge in [0.1, 0.15) is 11.6 Å². The third-order valence-electron chi connectivity index (χ3n) is 4.13. The van der Waals surface area contributed by atoms with Gasteiger partial charge in [0.15, 0.2) is 0 Å². The van der Waals surface area contributed by atoms with Crippen LogP contribution < -0.4 is 0 Å². The SMILES string of the molecule is C=CCC1C(=O)C[C@@H]2C(CC=C)C(=O)C[C@H]12. The number of hydrogen-bond acceptors (Lipinski definition) is 2. The van der Waals surface area contributed by atoms with Gasteiger partial charge < -0.3 is 0 Å². The van der Waals surface area contributed by atoms with Crippen molar-refractivity contribution < 1.29 is 9.59 Å². The number of hydrogen-bond donors (Lipinski definition) is 0. The number of ketones is 2. The molecule has 0 heterocycles. The van der Waals surface area contributed by atoms with Crippen LogP contribution >= 0.6 is 0 Å². The lowest BCUT2D eigenvalue weighted by Gasteiger charge is -2.16. The van der Waals surface area contributed by atoms with Gasteiger partial charge in [0.05, 0.1) is 0 Å². The number of fused-ring (bicyclic) bond motifs is 1. The van der Waals surface area contributed by atoms with E-state index in [1.807, 2.05) is 0 Å². The van der Waals surface area contributed by atoms with Crippen LogP contribution in [0, 0.1) is 23.7 Å². The predicted molar refractivity (Wildman–Crippen MR) is 62.8 cm³/mol. The van der Waals surface area contributed by atoms with E-state index in [1.54, 1.807) is 12.2 Å². The maximum Gasteiger partial charge on any atom is 0.136 e. The van der Waals surface area contributed by atoms with Crippen LogP contribution in [0.25, 0.3) is 0 Å². The van der Waals surface area contributed by atoms with E-state index in [4.69, 9.17) is 0 Å². The van der Waals surface area contributed by atoms with Gasteiger partial charge in [-0.2, -0.15) is 0 Å². The summed E-state index contributed by atoms with van der Waals surface area (Å²) in [6.45, 7) is 7.39. The Kier molecular flexibility index (Phi) is 3.08. The lowest BCUT2D eigenvalue weighted by atomic mass is 9.86. The summed E-state index contributed by atoms with van der Waals surface area (Å²) < 4.78 is 0. The van der Waals surface area contributed by atoms with Crippen molar-refractivity contribution in [3.8, 4) is 0 Å². The van der Waals surface area contributed by atoms with Crippen molar-refractivity contribution in [3.05, 3.63) is 25.3 Å². The molecule has 4 atom stereocenters. The smallest absolute Gasteiger partial charge is 0.136 e. The van der Waals surface area contributed by atoms with Crippen LogP contribution in [0.3, 0.4) is 0 Å². The molecule has 2 heteroatoms. The summed E-state index contributed by atoms with van der Waals surface area (Å²) in [5, 5.41) is 0. The van der Waals surface area contributed by atoms with E-state index in [-0.39, 0.29) is 23.7 Å². The molecule has 0 spiro atoms. The highest BCUT2D eigenvalue weighted by molar-refractivity contribution is 5.91. The van der Waals surface area contributed by atoms with Crippen LogP contribution in [0.2, 0.25) is 0 Å². The fourth-order valence-corrected chi connectivity index (χ4v) is 3.40. The highest BCUT2D eigenvalue weighted by Gasteiger charge is 2.51. The highest BCUT2D eigenvalue weighted by Crippen LogP contribution is 2.49. The normalized spacial score (nSPS) is 37.5. The first kappa shape index (κ1) is 11.3. The van der Waals surface area contributed by atoms with Gasteiger partial charge in [0, 0.05) is 24.7 Å². The second-order valence-electron chi connectivity index (χ2n) is 4.93. The van der Waals surface area contributed by atoms with Gasteiger partial charge in [-0.1, -0.05) is 12.2 Å². The summed E-state index contributed by atoms with van der Waals surface area (Å²) in [6.07, 6.45) is 6.25. The van der Waals surface area contributed by atoms with Crippen molar-refractivity contribution in [2.45, 2.75) is 25.7 Å². The largest absolute Gasteiger partial charge is 0.299 e. The van der Waals surface area contributed by atoms with E-state index < -0.39 is 0 Å². The molecule has 0 aromatic heterocycles. The number of carbonyl (C=O) groups is 2. The average molecular weight is 218 g/mol. The fourth-order valence-electron chi connectivity index (χ4n) is 3.40. The maximum atomic E-state index is 11.8. The molecule has 2 aliphatic rings. The highest BCUT2D eigenvalue weighted by atomic mass is 16.1. The van der Waals surface area contributed by atoms with Crippen LogP contribution in [0.5, 0.6) is 0 Å². The third kappa shape index (κ3) is 1.66. The topological polar surface area (TPSA) is 34.1 Å². The minimum absolute atomic E-state index is 0.0567. The van der Waals surface area contributed by atoms with Crippen LogP contribution in [0.4, 0.5) is 0 Å². The first-order valence-electron chi connectivity index (χ1n) is 5.96. The average Bonchev–Trinajstić information content (AvgIpc) is 2.69. The Hall–Kier alpha value is -1.18. The molecule has 2 fully saturated rings. The van der Waals surface area contributed by atoms with Crippen molar-refractivity contribution in [3.63, 3.8) is 0 Å². The molecule has 2 aliphatic carbocycles. The van der Waals surface area contributed by atoms with Gasteiger partial charge in [-0.05, 0) is 24.7 Å². The number of Topliss-reactive ketones (excluding diaryl/α,β-unsaturated/α-hetero) is 2. The summed E-state index contributed by atoms with van der Waals surface area (Å²) in [5.41, 5.74) is 0. The van der Waals surface area contributed by atoms with Crippen LogP contribution in [-0.2, 0) is 9.59 Å². The number of rotatable bonds is 4. The zero-order valence-electron chi connectivity index (χ0n) is 9.52. The van der Waals surface area contributed by atoms with Crippen molar-refractivity contribution >= 4 is 11.6 Å². The fraction of sp³-hybridized carbons (Fsp3) is 0.571. The summed E-state index contributed by atoms with van der Waals surface area (Å²) >= 11 is 0. The monoisotopic (exact) mass is 218 g/mol. The van der Waals surface area contributed by atoms with E-state index in [0.29, 0.717) is 24.4 Å². The first-order valence-corrected chi connectivity index (χ1v) is 5.96. The first-order chi connectivity index (χ1) is 7.69. The quantitative estimate of drug-likeness (QED) is 0.679. The van der Waals surface area contributed by atoms with E-state index in [9.17, 15) is 9.59 Å². The minimum Gasteiger partial charge on any atom is -0.299 e. The van der Waals surface area contributed by atoms with Gasteiger partial charge in [-0.3, -0.25) is 9.59 Å². The predicted octanol–water partition coefficient (Wildman–Crippen LogP) is 2.55. The van der Waals surface area contributed by atoms with E-state index in [2.05, 4.69) is 13.2 Å². The molecule has 0 aliphatic heterocycles. The molecule has 16 heavy (non-hydrogen) atoms. The van der Waals surface area contributed by atoms with Crippen molar-refractivity contribution in [2.75, 3.05) is 0 Å². The Morgan fingerprint density at radius 3 is 1.62 bits per heavy atom. The Balaban J connectivity index is 2.17. The maximum absolute atomic E-state index is 11.8. The Morgan fingerprint density at radius 2 is 1.31 bits per heavy atom. The summed E-state index contributed by atoms with van der Waals surface area (Å²) in [6, 6.07) is 0. The molecule has 2 unspecified atom stereocenters. The van der Waals surface area contributed by atoms with Crippen molar-refractivity contribution in [2.24, 2.45) is 23.7 Å². The van der Waals surface area contributed by atoms with Crippen molar-refractivity contribution in [1.82, 2.24) is 0 Å². The summed E-state index contributed by atoms with van der Waals surface area (Å²) in [5.74, 6) is 1.33. The molecular weight excluding hydrogens is 200 g/mol. The van der Waals surface area contributed by atoms with Crippen LogP contribution in [-0.4, -0.2) is 11.6 Å². The van der Waals surface area contributed by atoms with Crippen molar-refractivity contribution in [1.29, 1.82) is 0 Å². The summed E-state index contributed by atoms with van der Waals surface area (Å²) in [4.78, 5) is 23.7. The molecule has 0 N–H and O–H groups in total. The number of allylic oxidation sites excluding steroid dienone is 2. The van der Waals surface area contributed by atoms with Crippen LogP contribution in [0.15, 0.2) is 25.3 Å². The molecule has 0 bridgehead atoms. The molecule has 2 rings (SSSR count). The van der Waals surface area contributed by atoms with Gasteiger partial charge >= 0.3 is 0 Å². The molecule has 0 radical (unpaired) electrons. The van der Waals surface area contributed by atoms with Gasteiger partial charge in [-0.25, -0.2) is 0 Å². The second-order valence-corrected chi connectivity index (χ2v) is 4.93. The molecule has 0 aromatic carbocycles. The van der Waals surface area contributed by atoms with E-state index >= 15 is 0 Å². The van der Waals surface area contributed by atoms with Crippen LogP contribution in [0.1, 0.15) is 25.7 Å². The third-order valence-corrected chi connectivity index (χ3v) is 4.13. The zero-order valence-corrected chi connectivity index (χ0v) is 9.52. The second kappa shape index (κ2) is 4.36. The Morgan fingerprint density at radius 1 is 0.938 bits per heavy atom. The molecule has 2 nitrogen and oxygen atoms in total. The standard InChI is InChI=1S/C14H18O2/c1-3-5-9-11-7-14(16)10(6-4-2)12(11)8-13(9)15/h3-4,9-12H,1-2,5-8H2/t9?,10?,11-,12-/m1/s1. The van der Waals surface area contributed by atoms with Gasteiger partial charge in [0.2, 0.25) is 0 Å². The summed E-state index contributed by atoms with van der Waals surface area (Å²) in [7, 11) is 0. The molecule has 86 valence electrons. The minimum atomic E-state index is 0.0567. The zero-order chi connectivity index (χ0) is 11.7. The number of carbonyl (C=O) groups excluding carboxylic acids is 2. The Bertz CT molecular complexity index is 309. The lowest BCUT2D eigenvalue weighted by molar-refractivity contribution is -0.123. The molecule has 0 amide bonds. The van der Waals surface area contributed by atoms with Gasteiger partial charge in [-0.15, -0.1) is 13.2 Å². The van der Waals surface area contributed by atoms with Gasteiger partial charge in [0.25, 0.3) is 0 Å². The lowest BCUT2D eigenvalue weighted by Crippen LogP contribution is -2.14. The van der Waals surface area contributed by atoms with E-state index in [1.165, 1.54) is 0 Å².